The Hall–Kier alpha value is -4.44. The molecule has 0 radical (unpaired) electrons. The Morgan fingerprint density at radius 3 is 2.61 bits per heavy atom. The van der Waals surface area contributed by atoms with Gasteiger partial charge < -0.3 is 19.6 Å². The SMILES string of the molecule is CC(=O)N1C[C@H](C)N(c2nc(Oc3cnn(C)c3)nc3c(F)c(-c4cc(O)cc5ccccc45)c(Cl)cc23)C[C@H]1C. The van der Waals surface area contributed by atoms with Crippen LogP contribution in [0.5, 0.6) is 17.5 Å². The van der Waals surface area contributed by atoms with Gasteiger partial charge in [0.1, 0.15) is 17.1 Å². The van der Waals surface area contributed by atoms with E-state index < -0.39 is 5.82 Å². The van der Waals surface area contributed by atoms with E-state index >= 15 is 4.39 Å². The average Bonchev–Trinajstić information content (AvgIpc) is 3.33. The fraction of sp³-hybridized carbons (Fsp3) is 0.267. The molecule has 9 nitrogen and oxygen atoms in total. The molecule has 0 spiro atoms. The standard InChI is InChI=1S/C30H28ClFN6O3/c1-16-14-38(17(2)13-37(16)18(3)39)29-24-11-25(31)26(23-10-20(40)9-19-7-5-6-8-22(19)23)27(32)28(24)34-30(35-29)41-21-12-33-36(4)15-21/h5-12,15-17,40H,13-14H2,1-4H3/t16-,17+/m1/s1. The van der Waals surface area contributed by atoms with E-state index in [2.05, 4.69) is 10.1 Å². The summed E-state index contributed by atoms with van der Waals surface area (Å²) in [5, 5.41) is 16.6. The largest absolute Gasteiger partial charge is 0.508 e. The van der Waals surface area contributed by atoms with Crippen molar-refractivity contribution in [3.63, 3.8) is 0 Å². The van der Waals surface area contributed by atoms with E-state index in [1.807, 2.05) is 47.9 Å². The molecule has 1 amide bonds. The molecule has 2 atom stereocenters. The van der Waals surface area contributed by atoms with Gasteiger partial charge in [-0.2, -0.15) is 15.1 Å². The molecule has 1 fully saturated rings. The van der Waals surface area contributed by atoms with Crippen molar-refractivity contribution in [2.24, 2.45) is 7.05 Å². The average molecular weight is 575 g/mol. The van der Waals surface area contributed by atoms with E-state index in [1.54, 1.807) is 37.0 Å². The van der Waals surface area contributed by atoms with E-state index in [9.17, 15) is 9.90 Å². The number of hydrogen-bond acceptors (Lipinski definition) is 7. The minimum atomic E-state index is -0.661. The highest BCUT2D eigenvalue weighted by Crippen LogP contribution is 2.43. The van der Waals surface area contributed by atoms with Gasteiger partial charge in [0.15, 0.2) is 11.6 Å². The number of halogens is 2. The number of aryl methyl sites for hydroxylation is 1. The lowest BCUT2D eigenvalue weighted by atomic mass is 9.96. The molecular formula is C30H28ClFN6O3. The number of phenolic OH excluding ortho intramolecular Hbond substituents is 1. The molecule has 1 saturated heterocycles. The minimum Gasteiger partial charge on any atom is -0.508 e. The lowest BCUT2D eigenvalue weighted by molar-refractivity contribution is -0.131. The first-order chi connectivity index (χ1) is 19.6. The Morgan fingerprint density at radius 1 is 1.10 bits per heavy atom. The van der Waals surface area contributed by atoms with Crippen molar-refractivity contribution in [3.05, 3.63) is 65.7 Å². The van der Waals surface area contributed by atoms with Crippen molar-refractivity contribution in [1.29, 1.82) is 0 Å². The zero-order valence-electron chi connectivity index (χ0n) is 23.0. The Balaban J connectivity index is 1.58. The van der Waals surface area contributed by atoms with Crippen molar-refractivity contribution in [2.45, 2.75) is 32.9 Å². The number of ether oxygens (including phenoxy) is 1. The van der Waals surface area contributed by atoms with Gasteiger partial charge in [-0.1, -0.05) is 35.9 Å². The number of aromatic hydroxyl groups is 1. The highest BCUT2D eigenvalue weighted by Gasteiger charge is 2.33. The van der Waals surface area contributed by atoms with Crippen LogP contribution in [-0.2, 0) is 11.8 Å². The second-order valence-corrected chi connectivity index (χ2v) is 10.9. The van der Waals surface area contributed by atoms with Gasteiger partial charge in [0.05, 0.1) is 17.4 Å². The number of phenols is 1. The third kappa shape index (κ3) is 4.78. The molecule has 210 valence electrons. The van der Waals surface area contributed by atoms with Gasteiger partial charge in [-0.3, -0.25) is 9.48 Å². The van der Waals surface area contributed by atoms with Crippen molar-refractivity contribution in [3.8, 4) is 28.6 Å². The molecule has 0 unspecified atom stereocenters. The number of piperazine rings is 1. The molecule has 41 heavy (non-hydrogen) atoms. The highest BCUT2D eigenvalue weighted by molar-refractivity contribution is 6.35. The number of benzene rings is 3. The van der Waals surface area contributed by atoms with Crippen molar-refractivity contribution in [2.75, 3.05) is 18.0 Å². The molecule has 0 bridgehead atoms. The summed E-state index contributed by atoms with van der Waals surface area (Å²) in [6.45, 7) is 6.46. The number of fused-ring (bicyclic) bond motifs is 2. The molecule has 1 N–H and O–H groups in total. The summed E-state index contributed by atoms with van der Waals surface area (Å²) < 4.78 is 24.2. The van der Waals surface area contributed by atoms with Crippen molar-refractivity contribution in [1.82, 2.24) is 24.6 Å². The van der Waals surface area contributed by atoms with Crippen LogP contribution in [0, 0.1) is 5.82 Å². The van der Waals surface area contributed by atoms with Crippen LogP contribution in [0.3, 0.4) is 0 Å². The van der Waals surface area contributed by atoms with Crippen molar-refractivity contribution < 1.29 is 19.0 Å². The van der Waals surface area contributed by atoms with Crippen molar-refractivity contribution >= 4 is 45.0 Å². The molecule has 0 saturated carbocycles. The topological polar surface area (TPSA) is 96.6 Å². The smallest absolute Gasteiger partial charge is 0.324 e. The molecule has 3 aromatic carbocycles. The normalized spacial score (nSPS) is 17.4. The Bertz CT molecular complexity index is 1830. The summed E-state index contributed by atoms with van der Waals surface area (Å²) in [5.74, 6) is 0.170. The van der Waals surface area contributed by atoms with Gasteiger partial charge in [0, 0.05) is 50.1 Å². The summed E-state index contributed by atoms with van der Waals surface area (Å²) in [6, 6.07) is 11.9. The first-order valence-corrected chi connectivity index (χ1v) is 13.6. The van der Waals surface area contributed by atoms with E-state index in [0.717, 1.165) is 10.8 Å². The third-order valence-electron chi connectivity index (χ3n) is 7.51. The van der Waals surface area contributed by atoms with Crippen LogP contribution < -0.4 is 9.64 Å². The van der Waals surface area contributed by atoms with Gasteiger partial charge in [0.25, 0.3) is 0 Å². The first kappa shape index (κ1) is 26.8. The molecule has 5 aromatic rings. The van der Waals surface area contributed by atoms with Crippen LogP contribution in [0.1, 0.15) is 20.8 Å². The number of carbonyl (C=O) groups is 1. The van der Waals surface area contributed by atoms with E-state index in [1.165, 1.54) is 12.3 Å². The van der Waals surface area contributed by atoms with E-state index in [0.29, 0.717) is 35.6 Å². The van der Waals surface area contributed by atoms with Crippen LogP contribution in [0.2, 0.25) is 5.02 Å². The lowest BCUT2D eigenvalue weighted by Crippen LogP contribution is -2.58. The van der Waals surface area contributed by atoms with Crippen LogP contribution in [-0.4, -0.2) is 60.8 Å². The first-order valence-electron chi connectivity index (χ1n) is 13.2. The van der Waals surface area contributed by atoms with Crippen LogP contribution in [0.15, 0.2) is 54.9 Å². The number of nitrogens with zero attached hydrogens (tertiary/aromatic N) is 6. The molecule has 11 heteroatoms. The Labute approximate surface area is 240 Å². The van der Waals surface area contributed by atoms with Gasteiger partial charge in [-0.15, -0.1) is 0 Å². The monoisotopic (exact) mass is 574 g/mol. The zero-order chi connectivity index (χ0) is 29.0. The number of carbonyl (C=O) groups excluding carboxylic acids is 1. The summed E-state index contributed by atoms with van der Waals surface area (Å²) >= 11 is 6.82. The molecule has 1 aliphatic heterocycles. The number of anilines is 1. The van der Waals surface area contributed by atoms with Gasteiger partial charge >= 0.3 is 6.01 Å². The molecular weight excluding hydrogens is 547 g/mol. The summed E-state index contributed by atoms with van der Waals surface area (Å²) in [7, 11) is 1.75. The maximum absolute atomic E-state index is 16.7. The number of rotatable bonds is 4. The fourth-order valence-corrected chi connectivity index (χ4v) is 5.88. The molecule has 6 rings (SSSR count). The van der Waals surface area contributed by atoms with Gasteiger partial charge in [0.2, 0.25) is 5.91 Å². The van der Waals surface area contributed by atoms with E-state index in [-0.39, 0.29) is 45.9 Å². The predicted octanol–water partition coefficient (Wildman–Crippen LogP) is 5.92. The molecule has 1 aliphatic rings. The maximum atomic E-state index is 16.7. The molecule has 3 heterocycles. The van der Waals surface area contributed by atoms with Gasteiger partial charge in [-0.05, 0) is 48.4 Å². The predicted molar refractivity (Wildman–Crippen MR) is 156 cm³/mol. The number of hydrogen-bond donors (Lipinski definition) is 1. The number of aromatic nitrogens is 4. The quantitative estimate of drug-likeness (QED) is 0.285. The van der Waals surface area contributed by atoms with Crippen LogP contribution in [0.25, 0.3) is 32.8 Å². The lowest BCUT2D eigenvalue weighted by Gasteiger charge is -2.44. The summed E-state index contributed by atoms with van der Waals surface area (Å²) in [4.78, 5) is 25.3. The van der Waals surface area contributed by atoms with Crippen LogP contribution >= 0.6 is 11.6 Å². The summed E-state index contributed by atoms with van der Waals surface area (Å²) in [6.07, 6.45) is 3.18. The molecule has 0 aliphatic carbocycles. The fourth-order valence-electron chi connectivity index (χ4n) is 5.59. The van der Waals surface area contributed by atoms with E-state index in [4.69, 9.17) is 21.3 Å². The van der Waals surface area contributed by atoms with Gasteiger partial charge in [-0.25, -0.2) is 4.39 Å². The van der Waals surface area contributed by atoms with Crippen LogP contribution in [0.4, 0.5) is 10.2 Å². The maximum Gasteiger partial charge on any atom is 0.324 e. The summed E-state index contributed by atoms with van der Waals surface area (Å²) in [5.41, 5.74) is 0.581. The molecule has 2 aromatic heterocycles. The Kier molecular flexibility index (Phi) is 6.65. The highest BCUT2D eigenvalue weighted by atomic mass is 35.5. The number of amides is 1. The Morgan fingerprint density at radius 2 is 1.88 bits per heavy atom. The second kappa shape index (κ2) is 10.2. The minimum absolute atomic E-state index is 0.00536. The zero-order valence-corrected chi connectivity index (χ0v) is 23.7. The third-order valence-corrected chi connectivity index (χ3v) is 7.81. The second-order valence-electron chi connectivity index (χ2n) is 10.5.